The number of epoxide rings is 1. The summed E-state index contributed by atoms with van der Waals surface area (Å²) in [6.45, 7) is 4.73. The molecule has 1 saturated heterocycles. The predicted octanol–water partition coefficient (Wildman–Crippen LogP) is -0.145. The van der Waals surface area contributed by atoms with E-state index in [4.69, 9.17) is 4.74 Å². The number of hydrogen-bond donors (Lipinski definition) is 1. The number of ketones is 1. The number of carbonyl (C=O) groups excluding carboxylic acids is 2. The van der Waals surface area contributed by atoms with Crippen LogP contribution in [0.15, 0.2) is 5.10 Å². The van der Waals surface area contributed by atoms with Crippen molar-refractivity contribution in [1.29, 1.82) is 0 Å². The van der Waals surface area contributed by atoms with E-state index in [1.165, 1.54) is 6.92 Å². The van der Waals surface area contributed by atoms with Gasteiger partial charge in [0, 0.05) is 6.92 Å². The van der Waals surface area contributed by atoms with Crippen molar-refractivity contribution < 1.29 is 14.3 Å². The molecule has 0 aliphatic carbocycles. The van der Waals surface area contributed by atoms with Crippen LogP contribution in [-0.2, 0) is 14.3 Å². The molecule has 5 nitrogen and oxygen atoms in total. The van der Waals surface area contributed by atoms with Crippen LogP contribution >= 0.6 is 0 Å². The molecule has 1 N–H and O–H groups in total. The summed E-state index contributed by atoms with van der Waals surface area (Å²) in [5.41, 5.74) is 2.54. The highest BCUT2D eigenvalue weighted by Crippen LogP contribution is 2.20. The van der Waals surface area contributed by atoms with Crippen LogP contribution < -0.4 is 5.43 Å². The van der Waals surface area contributed by atoms with Crippen LogP contribution in [0.1, 0.15) is 20.8 Å². The maximum atomic E-state index is 11.1. The molecule has 0 unspecified atom stereocenters. The van der Waals surface area contributed by atoms with Crippen molar-refractivity contribution in [3.63, 3.8) is 0 Å². The van der Waals surface area contributed by atoms with Crippen molar-refractivity contribution in [2.24, 2.45) is 5.10 Å². The van der Waals surface area contributed by atoms with Gasteiger partial charge in [0.25, 0.3) is 5.91 Å². The second-order valence-electron chi connectivity index (χ2n) is 2.99. The van der Waals surface area contributed by atoms with Crippen LogP contribution in [0.2, 0.25) is 0 Å². The molecular weight excluding hydrogens is 172 g/mol. The van der Waals surface area contributed by atoms with E-state index in [1.807, 2.05) is 0 Å². The Kier molecular flexibility index (Phi) is 2.77. The standard InChI is InChI=1S/C8H12N2O3/c1-4(5(2)11)9-10-8(12)7-6(3)13-7/h6-7H,1-3H3,(H,10,12)/b9-4+/t6-,7-/m1/s1. The molecule has 2 atom stereocenters. The third-order valence-electron chi connectivity index (χ3n) is 1.81. The lowest BCUT2D eigenvalue weighted by Gasteiger charge is -1.96. The molecule has 1 fully saturated rings. The van der Waals surface area contributed by atoms with Gasteiger partial charge < -0.3 is 4.74 Å². The molecule has 0 aromatic carbocycles. The van der Waals surface area contributed by atoms with Gasteiger partial charge in [0.15, 0.2) is 11.9 Å². The molecule has 72 valence electrons. The molecule has 1 rings (SSSR count). The van der Waals surface area contributed by atoms with Crippen molar-refractivity contribution in [1.82, 2.24) is 5.43 Å². The first-order valence-electron chi connectivity index (χ1n) is 4.03. The van der Waals surface area contributed by atoms with E-state index in [0.29, 0.717) is 0 Å². The molecule has 1 aliphatic heterocycles. The van der Waals surface area contributed by atoms with Crippen LogP contribution in [-0.4, -0.2) is 29.6 Å². The molecule has 0 saturated carbocycles. The largest absolute Gasteiger partial charge is 0.359 e. The summed E-state index contributed by atoms with van der Waals surface area (Å²) < 4.78 is 4.91. The Morgan fingerprint density at radius 1 is 1.38 bits per heavy atom. The minimum atomic E-state index is -0.400. The number of hydrazone groups is 1. The van der Waals surface area contributed by atoms with Gasteiger partial charge in [-0.2, -0.15) is 5.10 Å². The summed E-state index contributed by atoms with van der Waals surface area (Å²) in [7, 11) is 0. The summed E-state index contributed by atoms with van der Waals surface area (Å²) >= 11 is 0. The van der Waals surface area contributed by atoms with Crippen LogP contribution in [0.25, 0.3) is 0 Å². The zero-order chi connectivity index (χ0) is 10.0. The highest BCUT2D eigenvalue weighted by molar-refractivity contribution is 6.38. The molecule has 0 aromatic heterocycles. The Balaban J connectivity index is 2.37. The van der Waals surface area contributed by atoms with Crippen molar-refractivity contribution in [2.75, 3.05) is 0 Å². The lowest BCUT2D eigenvalue weighted by molar-refractivity contribution is -0.122. The number of ether oxygens (including phenoxy) is 1. The van der Waals surface area contributed by atoms with Gasteiger partial charge in [0.2, 0.25) is 0 Å². The van der Waals surface area contributed by atoms with Gasteiger partial charge in [-0.25, -0.2) is 5.43 Å². The van der Waals surface area contributed by atoms with Gasteiger partial charge >= 0.3 is 0 Å². The van der Waals surface area contributed by atoms with Gasteiger partial charge in [0.1, 0.15) is 5.71 Å². The maximum absolute atomic E-state index is 11.1. The quantitative estimate of drug-likeness (QED) is 0.377. The van der Waals surface area contributed by atoms with Crippen molar-refractivity contribution in [2.45, 2.75) is 33.0 Å². The topological polar surface area (TPSA) is 71.1 Å². The van der Waals surface area contributed by atoms with Crippen molar-refractivity contribution >= 4 is 17.4 Å². The third kappa shape index (κ3) is 2.62. The fourth-order valence-electron chi connectivity index (χ4n) is 0.742. The summed E-state index contributed by atoms with van der Waals surface area (Å²) in [5, 5.41) is 3.61. The van der Waals surface area contributed by atoms with Crippen LogP contribution in [0, 0.1) is 0 Å². The average molecular weight is 184 g/mol. The molecule has 1 heterocycles. The Bertz CT molecular complexity index is 273. The molecule has 0 radical (unpaired) electrons. The lowest BCUT2D eigenvalue weighted by atomic mass is 10.3. The predicted molar refractivity (Wildman–Crippen MR) is 46.3 cm³/mol. The summed E-state index contributed by atoms with van der Waals surface area (Å²) in [6.07, 6.45) is -0.434. The van der Waals surface area contributed by atoms with E-state index in [9.17, 15) is 9.59 Å². The van der Waals surface area contributed by atoms with E-state index >= 15 is 0 Å². The summed E-state index contributed by atoms with van der Waals surface area (Å²) in [4.78, 5) is 21.8. The lowest BCUT2D eigenvalue weighted by Crippen LogP contribution is -2.26. The molecule has 1 aliphatic rings. The number of nitrogens with zero attached hydrogens (tertiary/aromatic N) is 1. The number of hydrogen-bond acceptors (Lipinski definition) is 4. The second-order valence-corrected chi connectivity index (χ2v) is 2.99. The van der Waals surface area contributed by atoms with Gasteiger partial charge in [0.05, 0.1) is 6.10 Å². The molecule has 0 aromatic rings. The Hall–Kier alpha value is -1.23. The number of rotatable bonds is 3. The normalized spacial score (nSPS) is 26.8. The zero-order valence-corrected chi connectivity index (χ0v) is 7.83. The van der Waals surface area contributed by atoms with Gasteiger partial charge in [-0.15, -0.1) is 0 Å². The molecule has 5 heteroatoms. The van der Waals surface area contributed by atoms with Gasteiger partial charge in [-0.1, -0.05) is 0 Å². The minimum absolute atomic E-state index is 0.0344. The maximum Gasteiger partial charge on any atom is 0.271 e. The zero-order valence-electron chi connectivity index (χ0n) is 7.83. The van der Waals surface area contributed by atoms with Crippen molar-refractivity contribution in [3.8, 4) is 0 Å². The fourth-order valence-corrected chi connectivity index (χ4v) is 0.742. The first-order chi connectivity index (χ1) is 6.02. The smallest absolute Gasteiger partial charge is 0.271 e. The van der Waals surface area contributed by atoms with Gasteiger partial charge in [-0.3, -0.25) is 9.59 Å². The van der Waals surface area contributed by atoms with E-state index in [1.54, 1.807) is 13.8 Å². The second kappa shape index (κ2) is 3.66. The molecule has 0 spiro atoms. The van der Waals surface area contributed by atoms with Crippen LogP contribution in [0.5, 0.6) is 0 Å². The van der Waals surface area contributed by atoms with Gasteiger partial charge in [-0.05, 0) is 13.8 Å². The SMILES string of the molecule is CC(=O)/C(C)=N/NC(=O)[C@@H]1O[C@@H]1C. The van der Waals surface area contributed by atoms with Crippen LogP contribution in [0.4, 0.5) is 0 Å². The summed E-state index contributed by atoms with van der Waals surface area (Å²) in [6, 6.07) is 0. The van der Waals surface area contributed by atoms with E-state index < -0.39 is 6.10 Å². The number of carbonyl (C=O) groups is 2. The van der Waals surface area contributed by atoms with E-state index in [0.717, 1.165) is 0 Å². The average Bonchev–Trinajstić information content (AvgIpc) is 2.77. The first kappa shape index (κ1) is 9.85. The molecule has 1 amide bonds. The Morgan fingerprint density at radius 2 is 1.92 bits per heavy atom. The number of amides is 1. The first-order valence-corrected chi connectivity index (χ1v) is 4.03. The summed E-state index contributed by atoms with van der Waals surface area (Å²) in [5.74, 6) is -0.460. The minimum Gasteiger partial charge on any atom is -0.359 e. The van der Waals surface area contributed by atoms with E-state index in [2.05, 4.69) is 10.5 Å². The highest BCUT2D eigenvalue weighted by atomic mass is 16.6. The molecule has 0 bridgehead atoms. The Labute approximate surface area is 76.1 Å². The fraction of sp³-hybridized carbons (Fsp3) is 0.625. The molecular formula is C8H12N2O3. The monoisotopic (exact) mass is 184 g/mol. The van der Waals surface area contributed by atoms with E-state index in [-0.39, 0.29) is 23.5 Å². The Morgan fingerprint density at radius 3 is 2.31 bits per heavy atom. The third-order valence-corrected chi connectivity index (χ3v) is 1.81. The highest BCUT2D eigenvalue weighted by Gasteiger charge is 2.41. The van der Waals surface area contributed by atoms with Crippen LogP contribution in [0.3, 0.4) is 0 Å². The molecule has 13 heavy (non-hydrogen) atoms. The number of Topliss-reactive ketones (excluding diaryl/α,β-unsaturated/α-hetero) is 1. The number of nitrogens with one attached hydrogen (secondary N) is 1. The van der Waals surface area contributed by atoms with Crippen molar-refractivity contribution in [3.05, 3.63) is 0 Å².